The summed E-state index contributed by atoms with van der Waals surface area (Å²) < 4.78 is 12.2. The van der Waals surface area contributed by atoms with E-state index in [1.807, 2.05) is 0 Å². The first-order valence-electron chi connectivity index (χ1n) is 20.4. The molecule has 298 valence electrons. The number of allylic oxidation sites excluding steroid dienone is 4. The molecule has 0 amide bonds. The zero-order valence-electron chi connectivity index (χ0n) is 33.0. The van der Waals surface area contributed by atoms with Crippen LogP contribution in [0, 0.1) is 0 Å². The van der Waals surface area contributed by atoms with Crippen molar-refractivity contribution in [2.75, 3.05) is 11.0 Å². The molecule has 0 fully saturated rings. The summed E-state index contributed by atoms with van der Waals surface area (Å²) in [5.41, 5.74) is 0. The SMILES string of the molecule is CCCCCCCC/C=C\CCCCCCCC(=O)OC(CI)C(CCCO)OC(=O)CCCCCCC/C=C\CCCCCCCC.N.N. The van der Waals surface area contributed by atoms with Crippen LogP contribution >= 0.6 is 22.6 Å². The highest BCUT2D eigenvalue weighted by Crippen LogP contribution is 2.18. The van der Waals surface area contributed by atoms with Gasteiger partial charge in [0.25, 0.3) is 0 Å². The number of hydrogen-bond acceptors (Lipinski definition) is 7. The maximum atomic E-state index is 12.6. The highest BCUT2D eigenvalue weighted by molar-refractivity contribution is 14.1. The molecule has 0 bridgehead atoms. The zero-order chi connectivity index (χ0) is 35.2. The summed E-state index contributed by atoms with van der Waals surface area (Å²) in [4.78, 5) is 25.3. The molecule has 7 nitrogen and oxygen atoms in total. The van der Waals surface area contributed by atoms with Gasteiger partial charge >= 0.3 is 11.9 Å². The maximum absolute atomic E-state index is 12.6. The van der Waals surface area contributed by atoms with Gasteiger partial charge in [-0.2, -0.15) is 0 Å². The van der Waals surface area contributed by atoms with Crippen molar-refractivity contribution in [2.45, 2.75) is 219 Å². The van der Waals surface area contributed by atoms with E-state index in [0.717, 1.165) is 51.4 Å². The highest BCUT2D eigenvalue weighted by Gasteiger charge is 2.27. The average molecular weight is 823 g/mol. The van der Waals surface area contributed by atoms with Crippen LogP contribution in [-0.4, -0.2) is 40.3 Å². The van der Waals surface area contributed by atoms with E-state index in [4.69, 9.17) is 9.47 Å². The molecule has 0 rings (SSSR count). The normalized spacial score (nSPS) is 12.5. The van der Waals surface area contributed by atoms with Crippen LogP contribution in [0.4, 0.5) is 0 Å². The number of halogens is 1. The third-order valence-corrected chi connectivity index (χ3v) is 9.93. The number of carbonyl (C=O) groups excluding carboxylic acids is 2. The van der Waals surface area contributed by atoms with Crippen LogP contribution in [0.2, 0.25) is 0 Å². The second-order valence-electron chi connectivity index (χ2n) is 13.7. The molecular formula is C42H83IN2O5. The second-order valence-corrected chi connectivity index (χ2v) is 14.6. The fourth-order valence-corrected chi connectivity index (χ4v) is 6.70. The number of ether oxygens (including phenoxy) is 2. The van der Waals surface area contributed by atoms with E-state index in [9.17, 15) is 14.7 Å². The van der Waals surface area contributed by atoms with Gasteiger partial charge in [0.2, 0.25) is 0 Å². The summed E-state index contributed by atoms with van der Waals surface area (Å²) in [6.07, 6.45) is 42.0. The van der Waals surface area contributed by atoms with E-state index in [1.54, 1.807) is 0 Å². The molecule has 0 aromatic carbocycles. The molecular weight excluding hydrogens is 739 g/mol. The van der Waals surface area contributed by atoms with Gasteiger partial charge in [0, 0.05) is 23.9 Å². The first kappa shape index (κ1) is 53.4. The van der Waals surface area contributed by atoms with Gasteiger partial charge in [-0.3, -0.25) is 9.59 Å². The number of esters is 2. The summed E-state index contributed by atoms with van der Waals surface area (Å²) in [7, 11) is 0. The van der Waals surface area contributed by atoms with Crippen LogP contribution in [0.15, 0.2) is 24.3 Å². The number of rotatable bonds is 37. The molecule has 0 aliphatic carbocycles. The summed E-state index contributed by atoms with van der Waals surface area (Å²) in [5.74, 6) is -0.435. The van der Waals surface area contributed by atoms with Crippen molar-refractivity contribution < 1.29 is 24.2 Å². The van der Waals surface area contributed by atoms with Gasteiger partial charge in [-0.05, 0) is 77.0 Å². The standard InChI is InChI=1S/C42H77IO5.2H3N/c1-3-5-7-9-11-13-15-17-19-21-23-25-27-29-31-35-41(45)47-39(34-33-37-44)40(38-43)48-42(46)36-32-30-28-26-24-22-20-18-16-14-12-10-8-6-4-2;;/h17-20,39-40,44H,3-16,21-38H2,1-2H3;2*1H3/b19-17-,20-18-;;. The molecule has 7 N–H and O–H groups in total. The molecule has 8 heteroatoms. The van der Waals surface area contributed by atoms with Crippen LogP contribution in [0.1, 0.15) is 206 Å². The summed E-state index contributed by atoms with van der Waals surface area (Å²) in [5, 5.41) is 9.38. The number of aliphatic hydroxyl groups is 1. The second kappa shape index (κ2) is 44.2. The number of aliphatic hydroxyl groups excluding tert-OH is 1. The smallest absolute Gasteiger partial charge is 0.306 e. The molecule has 0 saturated heterocycles. The zero-order valence-corrected chi connectivity index (χ0v) is 35.1. The number of unbranched alkanes of at least 4 members (excludes halogenated alkanes) is 22. The molecule has 0 aliphatic rings. The molecule has 0 aliphatic heterocycles. The first-order chi connectivity index (χ1) is 23.6. The van der Waals surface area contributed by atoms with Gasteiger partial charge < -0.3 is 26.9 Å². The van der Waals surface area contributed by atoms with Crippen molar-refractivity contribution in [3.05, 3.63) is 24.3 Å². The molecule has 0 saturated carbocycles. The van der Waals surface area contributed by atoms with Crippen molar-refractivity contribution >= 4 is 34.5 Å². The van der Waals surface area contributed by atoms with Gasteiger partial charge in [0.1, 0.15) is 12.2 Å². The van der Waals surface area contributed by atoms with Gasteiger partial charge in [-0.15, -0.1) is 0 Å². The van der Waals surface area contributed by atoms with E-state index in [0.29, 0.717) is 30.1 Å². The van der Waals surface area contributed by atoms with E-state index < -0.39 is 12.2 Å². The molecule has 0 spiro atoms. The third-order valence-electron chi connectivity index (χ3n) is 9.06. The first-order valence-corrected chi connectivity index (χ1v) is 22.0. The van der Waals surface area contributed by atoms with Crippen LogP contribution in [0.25, 0.3) is 0 Å². The number of carbonyl (C=O) groups is 2. The Morgan fingerprint density at radius 1 is 0.500 bits per heavy atom. The quantitative estimate of drug-likeness (QED) is 0.0186. The average Bonchev–Trinajstić information content (AvgIpc) is 3.09. The molecule has 2 unspecified atom stereocenters. The lowest BCUT2D eigenvalue weighted by molar-refractivity contribution is -0.167. The fraction of sp³-hybridized carbons (Fsp3) is 0.857. The molecule has 0 aromatic heterocycles. The lowest BCUT2D eigenvalue weighted by Gasteiger charge is -2.26. The van der Waals surface area contributed by atoms with Crippen molar-refractivity contribution in [2.24, 2.45) is 0 Å². The lowest BCUT2D eigenvalue weighted by atomic mass is 10.1. The predicted molar refractivity (Wildman–Crippen MR) is 224 cm³/mol. The topological polar surface area (TPSA) is 143 Å². The van der Waals surface area contributed by atoms with E-state index >= 15 is 0 Å². The van der Waals surface area contributed by atoms with Crippen molar-refractivity contribution in [3.8, 4) is 0 Å². The van der Waals surface area contributed by atoms with Crippen LogP contribution in [-0.2, 0) is 19.1 Å². The summed E-state index contributed by atoms with van der Waals surface area (Å²) in [6.45, 7) is 4.55. The Balaban J connectivity index is -0.0000110. The largest absolute Gasteiger partial charge is 0.458 e. The van der Waals surface area contributed by atoms with Crippen molar-refractivity contribution in [3.63, 3.8) is 0 Å². The molecule has 2 atom stereocenters. The molecule has 0 heterocycles. The minimum absolute atomic E-state index is 0. The Morgan fingerprint density at radius 2 is 0.820 bits per heavy atom. The summed E-state index contributed by atoms with van der Waals surface area (Å²) in [6, 6.07) is 0. The van der Waals surface area contributed by atoms with E-state index in [2.05, 4.69) is 60.7 Å². The predicted octanol–water partition coefficient (Wildman–Crippen LogP) is 13.4. The third kappa shape index (κ3) is 38.3. The Hall–Kier alpha value is -0.970. The molecule has 0 aromatic rings. The van der Waals surface area contributed by atoms with Crippen LogP contribution < -0.4 is 12.3 Å². The van der Waals surface area contributed by atoms with E-state index in [-0.39, 0.29) is 30.8 Å². The number of alkyl halides is 1. The molecule has 0 radical (unpaired) electrons. The maximum Gasteiger partial charge on any atom is 0.306 e. The van der Waals surface area contributed by atoms with Crippen molar-refractivity contribution in [1.29, 1.82) is 0 Å². The monoisotopic (exact) mass is 823 g/mol. The molecule has 50 heavy (non-hydrogen) atoms. The number of hydrogen-bond donors (Lipinski definition) is 3. The summed E-state index contributed by atoms with van der Waals surface area (Å²) >= 11 is 2.20. The van der Waals surface area contributed by atoms with Gasteiger partial charge in [-0.1, -0.05) is 163 Å². The Kier molecular flexibility index (Phi) is 47.2. The Morgan fingerprint density at radius 3 is 1.16 bits per heavy atom. The Labute approximate surface area is 323 Å². The van der Waals surface area contributed by atoms with Gasteiger partial charge in [0.05, 0.1) is 0 Å². The minimum Gasteiger partial charge on any atom is -0.458 e. The van der Waals surface area contributed by atoms with Gasteiger partial charge in [-0.25, -0.2) is 0 Å². The highest BCUT2D eigenvalue weighted by atomic mass is 127. The minimum atomic E-state index is -0.497. The van der Waals surface area contributed by atoms with Crippen LogP contribution in [0.5, 0.6) is 0 Å². The van der Waals surface area contributed by atoms with Crippen molar-refractivity contribution in [1.82, 2.24) is 12.3 Å². The van der Waals surface area contributed by atoms with Crippen LogP contribution in [0.3, 0.4) is 0 Å². The Bertz CT molecular complexity index is 764. The lowest BCUT2D eigenvalue weighted by Crippen LogP contribution is -2.36. The fourth-order valence-electron chi connectivity index (χ4n) is 5.96. The van der Waals surface area contributed by atoms with Gasteiger partial charge in [0.15, 0.2) is 0 Å². The van der Waals surface area contributed by atoms with E-state index in [1.165, 1.54) is 116 Å².